The predicted octanol–water partition coefficient (Wildman–Crippen LogP) is 11.4. The van der Waals surface area contributed by atoms with Crippen LogP contribution in [0.2, 0.25) is 0 Å². The molecule has 1 fully saturated rings. The maximum absolute atomic E-state index is 12.8. The van der Waals surface area contributed by atoms with Crippen LogP contribution in [-0.2, 0) is 27.9 Å². The fraction of sp³-hybridized carbons (Fsp3) is 0.788. The van der Waals surface area contributed by atoms with E-state index in [0.717, 1.165) is 44.9 Å². The highest BCUT2D eigenvalue weighted by Gasteiger charge is 2.51. The van der Waals surface area contributed by atoms with Crippen molar-refractivity contribution in [3.05, 3.63) is 60.8 Å². The number of allylic oxidation sites excluding steroid dienone is 9. The molecule has 6 atom stereocenters. The first-order chi connectivity index (χ1) is 31.5. The Morgan fingerprint density at radius 2 is 0.846 bits per heavy atom. The van der Waals surface area contributed by atoms with Gasteiger partial charge in [-0.3, -0.25) is 13.8 Å². The Bertz CT molecular complexity index is 1300. The summed E-state index contributed by atoms with van der Waals surface area (Å²) in [5, 5.41) is 50.2. The molecular formula is C52H93O12P. The topological polar surface area (TPSA) is 192 Å². The minimum absolute atomic E-state index is 0.0463. The van der Waals surface area contributed by atoms with Gasteiger partial charge in [-0.05, 0) is 38.5 Å². The molecule has 1 rings (SSSR count). The van der Waals surface area contributed by atoms with Crippen molar-refractivity contribution in [3.8, 4) is 0 Å². The summed E-state index contributed by atoms with van der Waals surface area (Å²) in [6.07, 6.45) is 41.9. The molecule has 0 aromatic carbocycles. The molecule has 65 heavy (non-hydrogen) atoms. The Balaban J connectivity index is 2.35. The van der Waals surface area contributed by atoms with Gasteiger partial charge in [-0.15, -0.1) is 0 Å². The van der Waals surface area contributed by atoms with Crippen LogP contribution in [0.15, 0.2) is 60.8 Å². The quantitative estimate of drug-likeness (QED) is 0.0147. The molecule has 0 heterocycles. The molecule has 1 aliphatic rings. The van der Waals surface area contributed by atoms with E-state index in [2.05, 4.69) is 50.3 Å². The van der Waals surface area contributed by atoms with Crippen LogP contribution in [0.1, 0.15) is 200 Å². The average Bonchev–Trinajstić information content (AvgIpc) is 3.29. The molecule has 6 unspecified atom stereocenters. The number of phosphoric acid groups is 1. The molecule has 6 N–H and O–H groups in total. The highest BCUT2D eigenvalue weighted by Crippen LogP contribution is 2.47. The molecule has 12 nitrogen and oxygen atoms in total. The molecule has 0 bridgehead atoms. The zero-order chi connectivity index (χ0) is 47.6. The van der Waals surface area contributed by atoms with Gasteiger partial charge in [0.05, 0.1) is 19.6 Å². The number of carbonyl (C=O) groups excluding carboxylic acids is 1. The number of unbranched alkanes of at least 4 members (excludes halogenated alkanes) is 22. The van der Waals surface area contributed by atoms with Gasteiger partial charge < -0.3 is 39.9 Å². The van der Waals surface area contributed by atoms with Crippen molar-refractivity contribution in [1.82, 2.24) is 0 Å². The van der Waals surface area contributed by atoms with Crippen molar-refractivity contribution in [2.75, 3.05) is 19.8 Å². The van der Waals surface area contributed by atoms with Gasteiger partial charge in [-0.25, -0.2) is 4.57 Å². The molecule has 0 amide bonds. The number of aliphatic hydroxyl groups is 5. The number of hydrogen-bond acceptors (Lipinski definition) is 11. The Kier molecular flexibility index (Phi) is 39.6. The van der Waals surface area contributed by atoms with Gasteiger partial charge in [0.15, 0.2) is 0 Å². The van der Waals surface area contributed by atoms with Crippen LogP contribution in [0.4, 0.5) is 0 Å². The molecule has 1 saturated carbocycles. The summed E-state index contributed by atoms with van der Waals surface area (Å²) >= 11 is 0. The van der Waals surface area contributed by atoms with Gasteiger partial charge in [0.1, 0.15) is 42.7 Å². The third-order valence-electron chi connectivity index (χ3n) is 11.7. The molecule has 0 saturated heterocycles. The smallest absolute Gasteiger partial charge is 0.457 e. The summed E-state index contributed by atoms with van der Waals surface area (Å²) < 4.78 is 34.1. The number of carbonyl (C=O) groups is 1. The largest absolute Gasteiger partial charge is 0.472 e. The summed E-state index contributed by atoms with van der Waals surface area (Å²) in [5.74, 6) is -0.602. The van der Waals surface area contributed by atoms with Crippen LogP contribution in [0.25, 0.3) is 0 Å². The van der Waals surface area contributed by atoms with Crippen molar-refractivity contribution in [1.29, 1.82) is 0 Å². The van der Waals surface area contributed by atoms with Gasteiger partial charge in [-0.2, -0.15) is 0 Å². The van der Waals surface area contributed by atoms with E-state index in [-0.39, 0.29) is 13.0 Å². The molecule has 0 radical (unpaired) electrons. The number of phosphoric ester groups is 1. The highest BCUT2D eigenvalue weighted by molar-refractivity contribution is 7.47. The van der Waals surface area contributed by atoms with Crippen LogP contribution in [-0.4, -0.2) is 98.9 Å². The minimum Gasteiger partial charge on any atom is -0.457 e. The highest BCUT2D eigenvalue weighted by atomic mass is 31.2. The lowest BCUT2D eigenvalue weighted by Gasteiger charge is -2.41. The normalized spacial score (nSPS) is 22.0. The predicted molar refractivity (Wildman–Crippen MR) is 262 cm³/mol. The van der Waals surface area contributed by atoms with Crippen LogP contribution < -0.4 is 0 Å². The van der Waals surface area contributed by atoms with E-state index in [0.29, 0.717) is 13.0 Å². The van der Waals surface area contributed by atoms with Crippen LogP contribution in [0.5, 0.6) is 0 Å². The van der Waals surface area contributed by atoms with E-state index >= 15 is 0 Å². The van der Waals surface area contributed by atoms with Crippen molar-refractivity contribution in [2.24, 2.45) is 0 Å². The lowest BCUT2D eigenvalue weighted by Crippen LogP contribution is -2.64. The van der Waals surface area contributed by atoms with Gasteiger partial charge in [0.2, 0.25) is 0 Å². The second kappa shape index (κ2) is 42.2. The first-order valence-electron chi connectivity index (χ1n) is 25.6. The molecule has 13 heteroatoms. The number of rotatable bonds is 43. The van der Waals surface area contributed by atoms with Gasteiger partial charge in [-0.1, -0.05) is 216 Å². The Morgan fingerprint density at radius 1 is 0.492 bits per heavy atom. The molecule has 0 spiro atoms. The molecule has 0 aromatic rings. The molecule has 378 valence electrons. The van der Waals surface area contributed by atoms with Gasteiger partial charge in [0.25, 0.3) is 0 Å². The van der Waals surface area contributed by atoms with E-state index in [1.807, 2.05) is 18.2 Å². The lowest BCUT2D eigenvalue weighted by atomic mass is 9.85. The van der Waals surface area contributed by atoms with E-state index in [1.165, 1.54) is 128 Å². The number of ether oxygens (including phenoxy) is 2. The number of hydrogen-bond donors (Lipinski definition) is 6. The number of esters is 1. The van der Waals surface area contributed by atoms with E-state index in [9.17, 15) is 39.8 Å². The Labute approximate surface area is 394 Å². The summed E-state index contributed by atoms with van der Waals surface area (Å²) in [5.41, 5.74) is 0. The molecule has 1 aliphatic carbocycles. The van der Waals surface area contributed by atoms with Gasteiger partial charge in [0, 0.05) is 6.61 Å². The fourth-order valence-electron chi connectivity index (χ4n) is 7.67. The third kappa shape index (κ3) is 34.1. The van der Waals surface area contributed by atoms with Crippen molar-refractivity contribution < 1.29 is 58.3 Å². The monoisotopic (exact) mass is 941 g/mol. The molecule has 0 aliphatic heterocycles. The fourth-order valence-corrected chi connectivity index (χ4v) is 8.64. The number of aliphatic hydroxyl groups excluding tert-OH is 5. The van der Waals surface area contributed by atoms with Crippen molar-refractivity contribution in [2.45, 2.75) is 243 Å². The lowest BCUT2D eigenvalue weighted by molar-refractivity contribution is -0.220. The second-order valence-corrected chi connectivity index (χ2v) is 19.1. The van der Waals surface area contributed by atoms with Gasteiger partial charge >= 0.3 is 13.8 Å². The molecular weight excluding hydrogens is 848 g/mol. The van der Waals surface area contributed by atoms with Crippen molar-refractivity contribution in [3.63, 3.8) is 0 Å². The van der Waals surface area contributed by atoms with E-state index in [4.69, 9.17) is 18.5 Å². The van der Waals surface area contributed by atoms with Crippen molar-refractivity contribution >= 4 is 13.8 Å². The summed E-state index contributed by atoms with van der Waals surface area (Å²) in [6, 6.07) is 0. The summed E-state index contributed by atoms with van der Waals surface area (Å²) in [6.45, 7) is 4.06. The van der Waals surface area contributed by atoms with Crippen LogP contribution in [0.3, 0.4) is 0 Å². The summed E-state index contributed by atoms with van der Waals surface area (Å²) in [4.78, 5) is 23.1. The third-order valence-corrected chi connectivity index (χ3v) is 12.7. The standard InChI is InChI=1S/C52H93O12P/c1-3-5-7-9-11-13-15-17-19-20-21-22-23-24-25-26-28-30-32-34-36-38-40-42-61-43-45(44-62-65(59,60)64-52-50(57)48(55)47(54)49(56)51(52)58)63-46(53)41-39-37-35-33-31-29-27-18-16-14-12-10-8-6-4-2/h6,8,12,14,18,27,31,33,37,39,45,47-52,54-58H,3-5,7,9-11,13,15-17,19-26,28-30,32,34-36,38,40-44H2,1-2H3,(H,59,60)/b8-6-,14-12-,27-18-,33-31-,39-37-. The SMILES string of the molecule is CC/C=C\C/C=C\C/C=C\C/C=C\C/C=C\CC(=O)OC(COCCCCCCCCCCCCCCCCCCCCCCCCC)COP(=O)(O)OC1C(O)C(O)C(O)C(O)C1O. The molecule has 0 aromatic heterocycles. The maximum Gasteiger partial charge on any atom is 0.472 e. The Hall–Kier alpha value is -1.96. The maximum atomic E-state index is 12.8. The van der Waals surface area contributed by atoms with Crippen LogP contribution >= 0.6 is 7.82 Å². The minimum atomic E-state index is -5.05. The first kappa shape index (κ1) is 61.1. The average molecular weight is 941 g/mol. The first-order valence-corrected chi connectivity index (χ1v) is 27.1. The zero-order valence-electron chi connectivity index (χ0n) is 40.5. The van der Waals surface area contributed by atoms with Crippen LogP contribution in [0, 0.1) is 0 Å². The Morgan fingerprint density at radius 3 is 1.25 bits per heavy atom. The summed E-state index contributed by atoms with van der Waals surface area (Å²) in [7, 11) is -5.05. The van der Waals surface area contributed by atoms with E-state index in [1.54, 1.807) is 6.08 Å². The zero-order valence-corrected chi connectivity index (χ0v) is 41.4. The second-order valence-electron chi connectivity index (χ2n) is 17.7. The van der Waals surface area contributed by atoms with E-state index < -0.39 is 63.1 Å².